The van der Waals surface area contributed by atoms with Gasteiger partial charge in [0.05, 0.1) is 0 Å². The molecule has 0 spiro atoms. The van der Waals surface area contributed by atoms with Crippen molar-refractivity contribution in [1.82, 2.24) is 14.8 Å². The van der Waals surface area contributed by atoms with Gasteiger partial charge in [-0.3, -0.25) is 0 Å². The topological polar surface area (TPSA) is 39.9 Å². The molecule has 0 bridgehead atoms. The van der Waals surface area contributed by atoms with Gasteiger partial charge >= 0.3 is 0 Å². The average molecular weight is 329 g/mol. The van der Waals surface area contributed by atoms with Gasteiger partial charge in [0, 0.05) is 12.8 Å². The van der Waals surface area contributed by atoms with Gasteiger partial charge in [-0.1, -0.05) is 42.1 Å². The van der Waals surface area contributed by atoms with E-state index in [0.717, 1.165) is 22.3 Å². The van der Waals surface area contributed by atoms with Crippen LogP contribution in [0, 0.1) is 5.82 Å². The molecule has 0 aliphatic carbocycles. The highest BCUT2D eigenvalue weighted by molar-refractivity contribution is 7.98. The van der Waals surface area contributed by atoms with Gasteiger partial charge in [-0.2, -0.15) is 0 Å². The molecule has 23 heavy (non-hydrogen) atoms. The van der Waals surface area contributed by atoms with E-state index in [-0.39, 0.29) is 5.82 Å². The lowest BCUT2D eigenvalue weighted by atomic mass is 10.2. The highest BCUT2D eigenvalue weighted by Crippen LogP contribution is 2.21. The molecule has 0 aliphatic heterocycles. The van der Waals surface area contributed by atoms with Crippen LogP contribution in [-0.2, 0) is 19.4 Å². The summed E-state index contributed by atoms with van der Waals surface area (Å²) in [6.45, 7) is 0.366. The van der Waals surface area contributed by atoms with Gasteiger partial charge in [-0.05, 0) is 29.8 Å². The van der Waals surface area contributed by atoms with E-state index in [0.29, 0.717) is 12.4 Å². The van der Waals surface area contributed by atoms with Gasteiger partial charge in [-0.15, -0.1) is 10.2 Å². The van der Waals surface area contributed by atoms with Crippen LogP contribution in [0.5, 0.6) is 5.75 Å². The summed E-state index contributed by atoms with van der Waals surface area (Å²) in [4.78, 5) is 0. The van der Waals surface area contributed by atoms with E-state index in [1.54, 1.807) is 23.9 Å². The van der Waals surface area contributed by atoms with Crippen molar-refractivity contribution in [3.05, 3.63) is 71.8 Å². The van der Waals surface area contributed by atoms with Crippen LogP contribution >= 0.6 is 11.8 Å². The van der Waals surface area contributed by atoms with Gasteiger partial charge < -0.3 is 9.30 Å². The third kappa shape index (κ3) is 4.10. The van der Waals surface area contributed by atoms with Crippen molar-refractivity contribution in [1.29, 1.82) is 0 Å². The Morgan fingerprint density at radius 1 is 1.04 bits per heavy atom. The van der Waals surface area contributed by atoms with E-state index in [2.05, 4.69) is 10.2 Å². The Kier molecular flexibility index (Phi) is 4.92. The van der Waals surface area contributed by atoms with Crippen LogP contribution < -0.4 is 4.74 Å². The molecular formula is C17H16FN3OS. The average Bonchev–Trinajstić information content (AvgIpc) is 2.93. The number of para-hydroxylation sites is 1. The summed E-state index contributed by atoms with van der Waals surface area (Å²) in [7, 11) is 1.91. The zero-order valence-corrected chi connectivity index (χ0v) is 13.5. The first-order valence-corrected chi connectivity index (χ1v) is 8.14. The Morgan fingerprint density at radius 2 is 1.78 bits per heavy atom. The number of ether oxygens (including phenoxy) is 1. The fourth-order valence-corrected chi connectivity index (χ4v) is 2.88. The van der Waals surface area contributed by atoms with Crippen molar-refractivity contribution in [3.8, 4) is 5.75 Å². The number of hydrogen-bond donors (Lipinski definition) is 0. The van der Waals surface area contributed by atoms with E-state index in [1.165, 1.54) is 12.1 Å². The molecule has 0 aliphatic rings. The van der Waals surface area contributed by atoms with Crippen molar-refractivity contribution >= 4 is 11.8 Å². The zero-order valence-electron chi connectivity index (χ0n) is 12.6. The molecule has 1 heterocycles. The Balaban J connectivity index is 1.59. The van der Waals surface area contributed by atoms with Crippen molar-refractivity contribution in [2.75, 3.05) is 0 Å². The Labute approximate surface area is 138 Å². The molecule has 4 nitrogen and oxygen atoms in total. The van der Waals surface area contributed by atoms with Crippen LogP contribution in [0.2, 0.25) is 0 Å². The molecule has 0 radical (unpaired) electrons. The highest BCUT2D eigenvalue weighted by Gasteiger charge is 2.10. The predicted octanol–water partition coefficient (Wildman–Crippen LogP) is 3.83. The zero-order chi connectivity index (χ0) is 16.1. The molecule has 0 N–H and O–H groups in total. The molecule has 1 aromatic heterocycles. The monoisotopic (exact) mass is 329 g/mol. The van der Waals surface area contributed by atoms with Gasteiger partial charge in [0.1, 0.15) is 18.2 Å². The minimum absolute atomic E-state index is 0.224. The van der Waals surface area contributed by atoms with E-state index in [4.69, 9.17) is 4.74 Å². The molecule has 0 unspecified atom stereocenters. The number of nitrogens with zero attached hydrogens (tertiary/aromatic N) is 3. The normalized spacial score (nSPS) is 10.7. The van der Waals surface area contributed by atoms with Crippen LogP contribution in [0.4, 0.5) is 4.39 Å². The molecule has 2 aromatic carbocycles. The second kappa shape index (κ2) is 7.28. The summed E-state index contributed by atoms with van der Waals surface area (Å²) >= 11 is 1.56. The second-order valence-electron chi connectivity index (χ2n) is 4.97. The molecule has 0 fully saturated rings. The van der Waals surface area contributed by atoms with Crippen LogP contribution in [-0.4, -0.2) is 14.8 Å². The minimum atomic E-state index is -0.224. The highest BCUT2D eigenvalue weighted by atomic mass is 32.2. The number of aromatic nitrogens is 3. The van der Waals surface area contributed by atoms with Crippen molar-refractivity contribution in [3.63, 3.8) is 0 Å². The Hall–Kier alpha value is -2.34. The number of thioether (sulfide) groups is 1. The Morgan fingerprint density at radius 3 is 2.52 bits per heavy atom. The maximum atomic E-state index is 12.9. The largest absolute Gasteiger partial charge is 0.486 e. The van der Waals surface area contributed by atoms with E-state index in [1.807, 2.05) is 41.9 Å². The van der Waals surface area contributed by atoms with E-state index >= 15 is 0 Å². The molecule has 3 rings (SSSR count). The first-order valence-electron chi connectivity index (χ1n) is 7.16. The summed E-state index contributed by atoms with van der Waals surface area (Å²) in [5.41, 5.74) is 1.04. The molecule has 0 atom stereocenters. The summed E-state index contributed by atoms with van der Waals surface area (Å²) in [5.74, 6) is 2.05. The van der Waals surface area contributed by atoms with Crippen LogP contribution in [0.1, 0.15) is 11.4 Å². The second-order valence-corrected chi connectivity index (χ2v) is 5.92. The molecule has 0 saturated heterocycles. The minimum Gasteiger partial charge on any atom is -0.486 e. The standard InChI is InChI=1S/C17H16FN3OS/c1-21-16(11-22-15-5-3-2-4-6-15)19-20-17(21)23-12-13-7-9-14(18)10-8-13/h2-10H,11-12H2,1H3. The quantitative estimate of drug-likeness (QED) is 0.645. The number of halogens is 1. The first-order chi connectivity index (χ1) is 11.2. The maximum Gasteiger partial charge on any atom is 0.191 e. The van der Waals surface area contributed by atoms with E-state index in [9.17, 15) is 4.39 Å². The van der Waals surface area contributed by atoms with Crippen molar-refractivity contribution in [2.24, 2.45) is 7.05 Å². The lowest BCUT2D eigenvalue weighted by Gasteiger charge is -2.06. The number of benzene rings is 2. The molecule has 118 valence electrons. The van der Waals surface area contributed by atoms with Crippen molar-refractivity contribution < 1.29 is 9.13 Å². The van der Waals surface area contributed by atoms with Gasteiger partial charge in [0.15, 0.2) is 11.0 Å². The SMILES string of the molecule is Cn1c(COc2ccccc2)nnc1SCc1ccc(F)cc1. The summed E-state index contributed by atoms with van der Waals surface area (Å²) in [5, 5.41) is 9.15. The maximum absolute atomic E-state index is 12.9. The summed E-state index contributed by atoms with van der Waals surface area (Å²) in [6, 6.07) is 16.1. The van der Waals surface area contributed by atoms with E-state index < -0.39 is 0 Å². The van der Waals surface area contributed by atoms with Gasteiger partial charge in [0.25, 0.3) is 0 Å². The van der Waals surface area contributed by atoms with Crippen LogP contribution in [0.25, 0.3) is 0 Å². The predicted molar refractivity (Wildman–Crippen MR) is 87.7 cm³/mol. The fraction of sp³-hybridized carbons (Fsp3) is 0.176. The molecule has 6 heteroatoms. The molecule has 0 saturated carbocycles. The molecule has 0 amide bonds. The first kappa shape index (κ1) is 15.6. The summed E-state index contributed by atoms with van der Waals surface area (Å²) < 4.78 is 20.5. The fourth-order valence-electron chi connectivity index (χ4n) is 1.99. The van der Waals surface area contributed by atoms with Gasteiger partial charge in [-0.25, -0.2) is 4.39 Å². The molecule has 3 aromatic rings. The third-order valence-corrected chi connectivity index (χ3v) is 4.41. The van der Waals surface area contributed by atoms with Gasteiger partial charge in [0.2, 0.25) is 0 Å². The Bertz CT molecular complexity index is 759. The third-order valence-electron chi connectivity index (χ3n) is 3.32. The number of hydrogen-bond acceptors (Lipinski definition) is 4. The van der Waals surface area contributed by atoms with Crippen molar-refractivity contribution in [2.45, 2.75) is 17.5 Å². The summed E-state index contributed by atoms with van der Waals surface area (Å²) in [6.07, 6.45) is 0. The van der Waals surface area contributed by atoms with Crippen LogP contribution in [0.15, 0.2) is 59.8 Å². The number of rotatable bonds is 6. The molecular weight excluding hydrogens is 313 g/mol. The smallest absolute Gasteiger partial charge is 0.191 e. The van der Waals surface area contributed by atoms with Crippen LogP contribution in [0.3, 0.4) is 0 Å². The lowest BCUT2D eigenvalue weighted by molar-refractivity contribution is 0.290. The lowest BCUT2D eigenvalue weighted by Crippen LogP contribution is -2.04.